The molecule has 0 heterocycles. The van der Waals surface area contributed by atoms with E-state index in [9.17, 15) is 18.8 Å². The molecule has 0 radical (unpaired) electrons. The van der Waals surface area contributed by atoms with Crippen molar-refractivity contribution in [1.82, 2.24) is 0 Å². The summed E-state index contributed by atoms with van der Waals surface area (Å²) in [7, 11) is 0. The molecule has 1 unspecified atom stereocenters. The fraction of sp³-hybridized carbons (Fsp3) is 0.296. The van der Waals surface area contributed by atoms with Gasteiger partial charge in [-0.1, -0.05) is 55.1 Å². The highest BCUT2D eigenvalue weighted by Gasteiger charge is 2.49. The number of rotatable bonds is 9. The zero-order chi connectivity index (χ0) is 24.0. The van der Waals surface area contributed by atoms with Crippen LogP contribution >= 0.6 is 0 Å². The van der Waals surface area contributed by atoms with Crippen LogP contribution in [0.1, 0.15) is 48.5 Å². The molecule has 0 saturated heterocycles. The number of allylic oxidation sites excluding steroid dienone is 1. The second-order valence-electron chi connectivity index (χ2n) is 7.98. The standard InChI is InChI=1S/C27H27FO5/c1-4-32-25(30)18(3)15-27(26(31)33-5-2)16-22(19-11-13-21(28)14-12-19)23(17-27)24(29)20-9-7-6-8-10-20/h6-14,17,22H,3-5,15-16H2,1-2H3/t22?,27-/m1/s1. The second-order valence-corrected chi connectivity index (χ2v) is 7.98. The summed E-state index contributed by atoms with van der Waals surface area (Å²) < 4.78 is 24.0. The third-order valence-corrected chi connectivity index (χ3v) is 5.72. The van der Waals surface area contributed by atoms with E-state index in [1.54, 1.807) is 56.3 Å². The maximum absolute atomic E-state index is 13.6. The molecule has 2 aromatic carbocycles. The maximum atomic E-state index is 13.6. The first-order valence-electron chi connectivity index (χ1n) is 10.9. The summed E-state index contributed by atoms with van der Waals surface area (Å²) in [5.41, 5.74) is 0.406. The van der Waals surface area contributed by atoms with Gasteiger partial charge in [0.15, 0.2) is 5.78 Å². The average molecular weight is 451 g/mol. The van der Waals surface area contributed by atoms with Gasteiger partial charge in [-0.2, -0.15) is 0 Å². The predicted molar refractivity (Wildman–Crippen MR) is 122 cm³/mol. The van der Waals surface area contributed by atoms with Crippen LogP contribution in [-0.2, 0) is 19.1 Å². The van der Waals surface area contributed by atoms with Crippen molar-refractivity contribution in [2.75, 3.05) is 13.2 Å². The highest BCUT2D eigenvalue weighted by atomic mass is 19.1. The van der Waals surface area contributed by atoms with Crippen molar-refractivity contribution in [2.24, 2.45) is 5.41 Å². The van der Waals surface area contributed by atoms with Gasteiger partial charge in [-0.25, -0.2) is 9.18 Å². The summed E-state index contributed by atoms with van der Waals surface area (Å²) in [6, 6.07) is 14.6. The second kappa shape index (κ2) is 10.4. The van der Waals surface area contributed by atoms with Crippen LogP contribution in [0.15, 0.2) is 78.4 Å². The quantitative estimate of drug-likeness (QED) is 0.299. The molecule has 6 heteroatoms. The lowest BCUT2D eigenvalue weighted by atomic mass is 9.78. The summed E-state index contributed by atoms with van der Waals surface area (Å²) in [6.45, 7) is 7.51. The molecule has 3 rings (SSSR count). The summed E-state index contributed by atoms with van der Waals surface area (Å²) in [6.07, 6.45) is 1.75. The summed E-state index contributed by atoms with van der Waals surface area (Å²) in [5, 5.41) is 0. The average Bonchev–Trinajstić information content (AvgIpc) is 3.20. The van der Waals surface area contributed by atoms with E-state index in [1.807, 2.05) is 6.07 Å². The van der Waals surface area contributed by atoms with Gasteiger partial charge in [0.2, 0.25) is 0 Å². The molecule has 5 nitrogen and oxygen atoms in total. The van der Waals surface area contributed by atoms with Crippen LogP contribution in [0.3, 0.4) is 0 Å². The highest BCUT2D eigenvalue weighted by Crippen LogP contribution is 2.50. The minimum absolute atomic E-state index is 0.0477. The Balaban J connectivity index is 2.09. The van der Waals surface area contributed by atoms with Crippen molar-refractivity contribution in [3.05, 3.63) is 95.3 Å². The number of carbonyl (C=O) groups is 3. The number of benzene rings is 2. The number of ketones is 1. The molecular formula is C27H27FO5. The SMILES string of the molecule is C=C(C[C@]1(C(=O)OCC)C=C(C(=O)c2ccccc2)C(c2ccc(F)cc2)C1)C(=O)OCC. The molecule has 33 heavy (non-hydrogen) atoms. The van der Waals surface area contributed by atoms with Crippen molar-refractivity contribution >= 4 is 17.7 Å². The Morgan fingerprint density at radius 1 is 1.00 bits per heavy atom. The van der Waals surface area contributed by atoms with Crippen LogP contribution < -0.4 is 0 Å². The Bertz CT molecular complexity index is 1070. The van der Waals surface area contributed by atoms with Crippen molar-refractivity contribution < 1.29 is 28.2 Å². The van der Waals surface area contributed by atoms with Crippen LogP contribution in [-0.4, -0.2) is 30.9 Å². The number of hydrogen-bond donors (Lipinski definition) is 0. The van der Waals surface area contributed by atoms with Gasteiger partial charge in [-0.15, -0.1) is 0 Å². The Kier molecular flexibility index (Phi) is 7.59. The van der Waals surface area contributed by atoms with Crippen molar-refractivity contribution in [1.29, 1.82) is 0 Å². The molecular weight excluding hydrogens is 423 g/mol. The van der Waals surface area contributed by atoms with Crippen LogP contribution in [0.5, 0.6) is 0 Å². The smallest absolute Gasteiger partial charge is 0.333 e. The monoisotopic (exact) mass is 450 g/mol. The molecule has 0 aliphatic heterocycles. The minimum Gasteiger partial charge on any atom is -0.465 e. The van der Waals surface area contributed by atoms with E-state index in [4.69, 9.17) is 9.47 Å². The number of hydrogen-bond acceptors (Lipinski definition) is 5. The minimum atomic E-state index is -1.28. The van der Waals surface area contributed by atoms with E-state index in [1.165, 1.54) is 12.1 Å². The van der Waals surface area contributed by atoms with E-state index in [0.29, 0.717) is 16.7 Å². The van der Waals surface area contributed by atoms with Gasteiger partial charge < -0.3 is 9.47 Å². The fourth-order valence-electron chi connectivity index (χ4n) is 4.20. The van der Waals surface area contributed by atoms with Crippen LogP contribution in [0, 0.1) is 11.2 Å². The Morgan fingerprint density at radius 2 is 1.64 bits per heavy atom. The van der Waals surface area contributed by atoms with Crippen LogP contribution in [0.25, 0.3) is 0 Å². The zero-order valence-electron chi connectivity index (χ0n) is 18.8. The molecule has 0 spiro atoms. The molecule has 2 aromatic rings. The first-order valence-corrected chi connectivity index (χ1v) is 10.9. The number of esters is 2. The third-order valence-electron chi connectivity index (χ3n) is 5.72. The molecule has 2 atom stereocenters. The normalized spacial score (nSPS) is 19.5. The molecule has 0 fully saturated rings. The summed E-state index contributed by atoms with van der Waals surface area (Å²) in [5.74, 6) is -2.27. The largest absolute Gasteiger partial charge is 0.465 e. The van der Waals surface area contributed by atoms with Gasteiger partial charge in [-0.3, -0.25) is 9.59 Å². The van der Waals surface area contributed by atoms with E-state index in [0.717, 1.165) is 0 Å². The maximum Gasteiger partial charge on any atom is 0.333 e. The molecule has 0 bridgehead atoms. The van der Waals surface area contributed by atoms with Gasteiger partial charge in [0.25, 0.3) is 0 Å². The van der Waals surface area contributed by atoms with Gasteiger partial charge in [0, 0.05) is 22.6 Å². The predicted octanol–water partition coefficient (Wildman–Crippen LogP) is 5.18. The van der Waals surface area contributed by atoms with Crippen molar-refractivity contribution in [3.8, 4) is 0 Å². The first-order chi connectivity index (χ1) is 15.8. The van der Waals surface area contributed by atoms with Crippen molar-refractivity contribution in [2.45, 2.75) is 32.6 Å². The lowest BCUT2D eigenvalue weighted by Gasteiger charge is -2.27. The molecule has 0 amide bonds. The third kappa shape index (κ3) is 5.28. The molecule has 0 N–H and O–H groups in total. The van der Waals surface area contributed by atoms with Gasteiger partial charge in [0.05, 0.1) is 18.6 Å². The Labute approximate surface area is 192 Å². The number of halogens is 1. The van der Waals surface area contributed by atoms with Crippen molar-refractivity contribution in [3.63, 3.8) is 0 Å². The van der Waals surface area contributed by atoms with E-state index < -0.39 is 29.1 Å². The molecule has 1 aliphatic carbocycles. The Morgan fingerprint density at radius 3 is 2.24 bits per heavy atom. The van der Waals surface area contributed by atoms with Crippen LogP contribution in [0.4, 0.5) is 4.39 Å². The van der Waals surface area contributed by atoms with Gasteiger partial charge in [0.1, 0.15) is 5.82 Å². The lowest BCUT2D eigenvalue weighted by molar-refractivity contribution is -0.152. The summed E-state index contributed by atoms with van der Waals surface area (Å²) in [4.78, 5) is 38.9. The molecule has 0 saturated carbocycles. The highest BCUT2D eigenvalue weighted by molar-refractivity contribution is 6.11. The molecule has 0 aromatic heterocycles. The fourth-order valence-corrected chi connectivity index (χ4v) is 4.20. The number of Topliss-reactive ketones (excluding diaryl/α,β-unsaturated/α-hetero) is 1. The lowest BCUT2D eigenvalue weighted by Crippen LogP contribution is -2.32. The molecule has 172 valence electrons. The van der Waals surface area contributed by atoms with E-state index >= 15 is 0 Å². The van der Waals surface area contributed by atoms with Gasteiger partial charge in [-0.05, 0) is 44.4 Å². The van der Waals surface area contributed by atoms with Gasteiger partial charge >= 0.3 is 11.9 Å². The summed E-state index contributed by atoms with van der Waals surface area (Å²) >= 11 is 0. The molecule has 1 aliphatic rings. The first kappa shape index (κ1) is 24.1. The number of ether oxygens (including phenoxy) is 2. The van der Waals surface area contributed by atoms with Crippen LogP contribution in [0.2, 0.25) is 0 Å². The zero-order valence-corrected chi connectivity index (χ0v) is 18.8. The van der Waals surface area contributed by atoms with E-state index in [-0.39, 0.29) is 37.4 Å². The van der Waals surface area contributed by atoms with E-state index in [2.05, 4.69) is 6.58 Å². The number of carbonyl (C=O) groups excluding carboxylic acids is 3. The Hall–Kier alpha value is -3.54. The topological polar surface area (TPSA) is 69.7 Å².